The molecule has 0 spiro atoms. The lowest BCUT2D eigenvalue weighted by Crippen LogP contribution is -2.47. The number of carboxylic acids is 1. The molecule has 1 atom stereocenters. The van der Waals surface area contributed by atoms with Crippen LogP contribution < -0.4 is 5.32 Å². The molecule has 0 aromatic rings. The molecule has 0 aromatic heterocycles. The highest BCUT2D eigenvalue weighted by Gasteiger charge is 2.21. The summed E-state index contributed by atoms with van der Waals surface area (Å²) in [5.74, 6) is -1.04. The van der Waals surface area contributed by atoms with Gasteiger partial charge in [-0.1, -0.05) is 0 Å². The standard InChI is InChI=1S/C11H22N2O5/c1-13(6-8-18-3)11(16)12-9(10(14)15)5-4-7-17-2/h9H,4-8H2,1-3H3,(H,12,16)(H,14,15). The number of carboxylic acid groups (broad SMARTS) is 1. The minimum absolute atomic E-state index is 0.340. The highest BCUT2D eigenvalue weighted by atomic mass is 16.5. The number of aliphatic carboxylic acids is 1. The fourth-order valence-electron chi connectivity index (χ4n) is 1.28. The van der Waals surface area contributed by atoms with Gasteiger partial charge in [-0.2, -0.15) is 0 Å². The van der Waals surface area contributed by atoms with Gasteiger partial charge >= 0.3 is 12.0 Å². The first-order chi connectivity index (χ1) is 8.52. The van der Waals surface area contributed by atoms with Crippen LogP contribution in [0.2, 0.25) is 0 Å². The van der Waals surface area contributed by atoms with Crippen LogP contribution in [-0.4, -0.2) is 69.1 Å². The van der Waals surface area contributed by atoms with Gasteiger partial charge in [-0.05, 0) is 12.8 Å². The summed E-state index contributed by atoms with van der Waals surface area (Å²) in [7, 11) is 4.67. The van der Waals surface area contributed by atoms with Crippen LogP contribution in [0.4, 0.5) is 4.79 Å². The van der Waals surface area contributed by atoms with E-state index >= 15 is 0 Å². The van der Waals surface area contributed by atoms with Crippen LogP contribution in [0, 0.1) is 0 Å². The van der Waals surface area contributed by atoms with Crippen LogP contribution in [0.1, 0.15) is 12.8 Å². The molecule has 2 N–H and O–H groups in total. The lowest BCUT2D eigenvalue weighted by Gasteiger charge is -2.21. The first-order valence-corrected chi connectivity index (χ1v) is 5.75. The summed E-state index contributed by atoms with van der Waals surface area (Å²) in [5, 5.41) is 11.4. The Morgan fingerprint density at radius 3 is 2.39 bits per heavy atom. The van der Waals surface area contributed by atoms with E-state index in [9.17, 15) is 9.59 Å². The number of ether oxygens (including phenoxy) is 2. The van der Waals surface area contributed by atoms with Crippen molar-refractivity contribution in [3.63, 3.8) is 0 Å². The van der Waals surface area contributed by atoms with Crippen LogP contribution in [-0.2, 0) is 14.3 Å². The average molecular weight is 262 g/mol. The molecule has 0 saturated heterocycles. The minimum Gasteiger partial charge on any atom is -0.480 e. The number of methoxy groups -OCH3 is 2. The molecule has 0 aliphatic heterocycles. The Morgan fingerprint density at radius 2 is 1.89 bits per heavy atom. The van der Waals surface area contributed by atoms with Gasteiger partial charge in [-0.25, -0.2) is 9.59 Å². The van der Waals surface area contributed by atoms with Crippen molar-refractivity contribution in [1.29, 1.82) is 0 Å². The van der Waals surface area contributed by atoms with Gasteiger partial charge in [0.1, 0.15) is 6.04 Å². The van der Waals surface area contributed by atoms with Gasteiger partial charge in [0.2, 0.25) is 0 Å². The van der Waals surface area contributed by atoms with E-state index in [1.807, 2.05) is 0 Å². The number of rotatable bonds is 9. The first-order valence-electron chi connectivity index (χ1n) is 5.75. The maximum Gasteiger partial charge on any atom is 0.326 e. The molecule has 2 amide bonds. The van der Waals surface area contributed by atoms with Crippen molar-refractivity contribution in [2.45, 2.75) is 18.9 Å². The van der Waals surface area contributed by atoms with Gasteiger partial charge in [0.15, 0.2) is 0 Å². The number of likely N-dealkylation sites (N-methyl/N-ethyl adjacent to an activating group) is 1. The van der Waals surface area contributed by atoms with Crippen molar-refractivity contribution in [3.05, 3.63) is 0 Å². The van der Waals surface area contributed by atoms with Crippen molar-refractivity contribution in [2.75, 3.05) is 41.0 Å². The Balaban J connectivity index is 4.14. The smallest absolute Gasteiger partial charge is 0.326 e. The summed E-state index contributed by atoms with van der Waals surface area (Å²) in [5.41, 5.74) is 0. The SMILES string of the molecule is COCCCC(NC(=O)N(C)CCOC)C(=O)O. The molecule has 0 saturated carbocycles. The third kappa shape index (κ3) is 7.08. The van der Waals surface area contributed by atoms with E-state index in [1.165, 1.54) is 12.0 Å². The van der Waals surface area contributed by atoms with Crippen molar-refractivity contribution in [1.82, 2.24) is 10.2 Å². The first kappa shape index (κ1) is 16.7. The summed E-state index contributed by atoms with van der Waals surface area (Å²) in [6, 6.07) is -1.31. The van der Waals surface area contributed by atoms with Crippen molar-refractivity contribution >= 4 is 12.0 Å². The number of nitrogens with one attached hydrogen (secondary N) is 1. The molecule has 0 fully saturated rings. The van der Waals surface area contributed by atoms with Gasteiger partial charge in [0.25, 0.3) is 0 Å². The topological polar surface area (TPSA) is 88.1 Å². The number of hydrogen-bond donors (Lipinski definition) is 2. The predicted molar refractivity (Wildman–Crippen MR) is 65.6 cm³/mol. The Labute approximate surface area is 107 Å². The van der Waals surface area contributed by atoms with E-state index < -0.39 is 18.0 Å². The normalized spacial score (nSPS) is 11.9. The number of urea groups is 1. The summed E-state index contributed by atoms with van der Waals surface area (Å²) < 4.78 is 9.68. The molecule has 0 bridgehead atoms. The Morgan fingerprint density at radius 1 is 1.28 bits per heavy atom. The highest BCUT2D eigenvalue weighted by molar-refractivity contribution is 5.82. The fourth-order valence-corrected chi connectivity index (χ4v) is 1.28. The van der Waals surface area contributed by atoms with Crippen LogP contribution in [0.5, 0.6) is 0 Å². The second kappa shape index (κ2) is 9.67. The summed E-state index contributed by atoms with van der Waals surface area (Å²) >= 11 is 0. The zero-order valence-electron chi connectivity index (χ0n) is 11.1. The van der Waals surface area contributed by atoms with Gasteiger partial charge in [0, 0.05) is 34.4 Å². The number of hydrogen-bond acceptors (Lipinski definition) is 4. The highest BCUT2D eigenvalue weighted by Crippen LogP contribution is 1.99. The maximum atomic E-state index is 11.7. The third-order valence-electron chi connectivity index (χ3n) is 2.41. The average Bonchev–Trinajstić information content (AvgIpc) is 2.34. The quantitative estimate of drug-likeness (QED) is 0.578. The molecular weight excluding hydrogens is 240 g/mol. The molecule has 7 nitrogen and oxygen atoms in total. The molecule has 0 radical (unpaired) electrons. The van der Waals surface area contributed by atoms with Crippen LogP contribution >= 0.6 is 0 Å². The summed E-state index contributed by atoms with van der Waals surface area (Å²) in [4.78, 5) is 24.0. The molecule has 0 aliphatic carbocycles. The molecule has 18 heavy (non-hydrogen) atoms. The molecule has 0 aromatic carbocycles. The van der Waals surface area contributed by atoms with E-state index in [-0.39, 0.29) is 0 Å². The Bertz CT molecular complexity index is 260. The maximum absolute atomic E-state index is 11.7. The van der Waals surface area contributed by atoms with Gasteiger partial charge in [-0.15, -0.1) is 0 Å². The largest absolute Gasteiger partial charge is 0.480 e. The second-order valence-electron chi connectivity index (χ2n) is 3.89. The van der Waals surface area contributed by atoms with Crippen LogP contribution in [0.25, 0.3) is 0 Å². The second-order valence-corrected chi connectivity index (χ2v) is 3.89. The van der Waals surface area contributed by atoms with Crippen LogP contribution in [0.15, 0.2) is 0 Å². The molecular formula is C11H22N2O5. The zero-order valence-corrected chi connectivity index (χ0v) is 11.1. The molecule has 0 aliphatic rings. The van der Waals surface area contributed by atoms with E-state index in [0.717, 1.165) is 0 Å². The van der Waals surface area contributed by atoms with E-state index in [0.29, 0.717) is 32.6 Å². The van der Waals surface area contributed by atoms with Crippen molar-refractivity contribution < 1.29 is 24.2 Å². The molecule has 0 heterocycles. The molecule has 7 heteroatoms. The number of amides is 2. The van der Waals surface area contributed by atoms with E-state index in [2.05, 4.69) is 5.32 Å². The van der Waals surface area contributed by atoms with Crippen molar-refractivity contribution in [3.8, 4) is 0 Å². The molecule has 1 unspecified atom stereocenters. The van der Waals surface area contributed by atoms with Crippen molar-refractivity contribution in [2.24, 2.45) is 0 Å². The summed E-state index contributed by atoms with van der Waals surface area (Å²) in [6.07, 6.45) is 0.919. The third-order valence-corrected chi connectivity index (χ3v) is 2.41. The Hall–Kier alpha value is -1.34. The molecule has 0 rings (SSSR count). The predicted octanol–water partition coefficient (Wildman–Crippen LogP) is 0.154. The number of carbonyl (C=O) groups is 2. The number of nitrogens with zero attached hydrogens (tertiary/aromatic N) is 1. The summed E-state index contributed by atoms with van der Waals surface area (Å²) in [6.45, 7) is 1.29. The zero-order chi connectivity index (χ0) is 14.0. The minimum atomic E-state index is -1.04. The lowest BCUT2D eigenvalue weighted by atomic mass is 10.1. The van der Waals surface area contributed by atoms with E-state index in [1.54, 1.807) is 14.2 Å². The van der Waals surface area contributed by atoms with Gasteiger partial charge < -0.3 is 24.8 Å². The number of carbonyl (C=O) groups excluding carboxylic acids is 1. The monoisotopic (exact) mass is 262 g/mol. The lowest BCUT2D eigenvalue weighted by molar-refractivity contribution is -0.139. The van der Waals surface area contributed by atoms with Gasteiger partial charge in [-0.3, -0.25) is 0 Å². The fraction of sp³-hybridized carbons (Fsp3) is 0.818. The van der Waals surface area contributed by atoms with Crippen LogP contribution in [0.3, 0.4) is 0 Å². The van der Waals surface area contributed by atoms with Gasteiger partial charge in [0.05, 0.1) is 6.61 Å². The molecule has 106 valence electrons. The van der Waals surface area contributed by atoms with E-state index in [4.69, 9.17) is 14.6 Å². The Kier molecular flexibility index (Phi) is 8.95.